The molecule has 0 radical (unpaired) electrons. The summed E-state index contributed by atoms with van der Waals surface area (Å²) >= 11 is 0. The van der Waals surface area contributed by atoms with Gasteiger partial charge in [0.15, 0.2) is 5.78 Å². The average molecular weight is 302 g/mol. The number of non-ortho nitro benzene ring substituents is 1. The van der Waals surface area contributed by atoms with E-state index in [4.69, 9.17) is 10.00 Å². The van der Waals surface area contributed by atoms with Crippen molar-refractivity contribution in [3.8, 4) is 6.07 Å². The van der Waals surface area contributed by atoms with Gasteiger partial charge in [-0.2, -0.15) is 5.26 Å². The molecule has 0 N–H and O–H groups in total. The molecule has 0 fully saturated rings. The quantitative estimate of drug-likeness (QED) is 0.182. The summed E-state index contributed by atoms with van der Waals surface area (Å²) in [6.45, 7) is 0.105. The number of rotatable bonds is 8. The first-order valence-corrected chi connectivity index (χ1v) is 6.51. The molecule has 1 rings (SSSR count). The number of carbonyl (C=O) groups excluding carboxylic acids is 2. The lowest BCUT2D eigenvalue weighted by Gasteiger charge is -2.00. The minimum Gasteiger partial charge on any atom is -0.465 e. The zero-order valence-electron chi connectivity index (χ0n) is 11.7. The van der Waals surface area contributed by atoms with Crippen LogP contribution in [0.15, 0.2) is 30.3 Å². The van der Waals surface area contributed by atoms with Crippen molar-refractivity contribution in [2.75, 3.05) is 6.61 Å². The Bertz CT molecular complexity index is 631. The molecule has 0 unspecified atom stereocenters. The number of nitro groups is 1. The molecule has 0 spiro atoms. The molecule has 0 atom stereocenters. The second-order valence-corrected chi connectivity index (χ2v) is 4.31. The Kier molecular flexibility index (Phi) is 6.99. The number of ketones is 1. The lowest BCUT2D eigenvalue weighted by molar-refractivity contribution is -0.384. The number of nitrogens with zero attached hydrogens (tertiary/aromatic N) is 2. The van der Waals surface area contributed by atoms with Gasteiger partial charge in [-0.1, -0.05) is 18.2 Å². The van der Waals surface area contributed by atoms with E-state index in [1.165, 1.54) is 30.4 Å². The molecule has 0 aliphatic heterocycles. The Balaban J connectivity index is 2.47. The highest BCUT2D eigenvalue weighted by atomic mass is 16.6. The minimum absolute atomic E-state index is 0.0773. The second-order valence-electron chi connectivity index (χ2n) is 4.31. The van der Waals surface area contributed by atoms with Gasteiger partial charge in [0.1, 0.15) is 6.42 Å². The number of nitriles is 1. The maximum atomic E-state index is 11.6. The summed E-state index contributed by atoms with van der Waals surface area (Å²) in [6.07, 6.45) is 2.89. The van der Waals surface area contributed by atoms with Crippen LogP contribution in [0.4, 0.5) is 5.69 Å². The fraction of sp³-hybridized carbons (Fsp3) is 0.267. The third kappa shape index (κ3) is 6.43. The van der Waals surface area contributed by atoms with Crippen LogP contribution in [0.2, 0.25) is 0 Å². The Labute approximate surface area is 127 Å². The van der Waals surface area contributed by atoms with Crippen LogP contribution in [-0.4, -0.2) is 23.3 Å². The zero-order chi connectivity index (χ0) is 16.4. The van der Waals surface area contributed by atoms with Crippen molar-refractivity contribution < 1.29 is 19.2 Å². The van der Waals surface area contributed by atoms with Gasteiger partial charge in [-0.3, -0.25) is 19.7 Å². The molecule has 0 saturated heterocycles. The number of hydrogen-bond acceptors (Lipinski definition) is 6. The van der Waals surface area contributed by atoms with Crippen molar-refractivity contribution in [1.82, 2.24) is 0 Å². The van der Waals surface area contributed by atoms with Crippen molar-refractivity contribution in [3.63, 3.8) is 0 Å². The molecule has 0 aliphatic carbocycles. The standard InChI is InChI=1S/C15H14N2O5/c16-8-1-2-9-22-15(19)11-14(18)7-6-12-4-3-5-13(10-12)17(20)21/h3-7,10H,1-2,9,11H2. The van der Waals surface area contributed by atoms with Crippen LogP contribution >= 0.6 is 0 Å². The van der Waals surface area contributed by atoms with Crippen molar-refractivity contribution in [3.05, 3.63) is 46.0 Å². The number of ether oxygens (including phenoxy) is 1. The van der Waals surface area contributed by atoms with Crippen LogP contribution in [-0.2, 0) is 14.3 Å². The molecule has 0 heterocycles. The third-order valence-corrected chi connectivity index (χ3v) is 2.56. The zero-order valence-corrected chi connectivity index (χ0v) is 11.7. The second kappa shape index (κ2) is 9.02. The predicted octanol–water partition coefficient (Wildman–Crippen LogP) is 2.41. The van der Waals surface area contributed by atoms with Gasteiger partial charge in [0, 0.05) is 18.6 Å². The number of allylic oxidation sites excluding steroid dienone is 1. The molecule has 114 valence electrons. The van der Waals surface area contributed by atoms with Crippen LogP contribution in [0.1, 0.15) is 24.8 Å². The Morgan fingerprint density at radius 2 is 2.18 bits per heavy atom. The molecule has 22 heavy (non-hydrogen) atoms. The maximum Gasteiger partial charge on any atom is 0.313 e. The molecule has 0 bridgehead atoms. The van der Waals surface area contributed by atoms with Crippen LogP contribution in [0.3, 0.4) is 0 Å². The number of esters is 1. The van der Waals surface area contributed by atoms with E-state index in [1.807, 2.05) is 6.07 Å². The van der Waals surface area contributed by atoms with Gasteiger partial charge in [-0.25, -0.2) is 0 Å². The van der Waals surface area contributed by atoms with E-state index in [1.54, 1.807) is 6.07 Å². The summed E-state index contributed by atoms with van der Waals surface area (Å²) in [4.78, 5) is 33.0. The van der Waals surface area contributed by atoms with Gasteiger partial charge in [0.05, 0.1) is 17.6 Å². The molecule has 0 aliphatic rings. The van der Waals surface area contributed by atoms with Crippen molar-refractivity contribution >= 4 is 23.5 Å². The van der Waals surface area contributed by atoms with Crippen LogP contribution in [0.5, 0.6) is 0 Å². The van der Waals surface area contributed by atoms with Crippen molar-refractivity contribution in [2.45, 2.75) is 19.3 Å². The fourth-order valence-electron chi connectivity index (χ4n) is 1.52. The minimum atomic E-state index is -0.661. The number of unbranched alkanes of at least 4 members (excludes halogenated alkanes) is 1. The largest absolute Gasteiger partial charge is 0.465 e. The first-order chi connectivity index (χ1) is 10.5. The molecule has 1 aromatic rings. The summed E-state index contributed by atoms with van der Waals surface area (Å²) in [5.41, 5.74) is 0.413. The highest BCUT2D eigenvalue weighted by Gasteiger charge is 2.08. The Hall–Kier alpha value is -3.01. The Morgan fingerprint density at radius 3 is 2.86 bits per heavy atom. The summed E-state index contributed by atoms with van der Waals surface area (Å²) in [7, 11) is 0. The first kappa shape index (κ1) is 17.0. The monoisotopic (exact) mass is 302 g/mol. The molecule has 7 nitrogen and oxygen atoms in total. The lowest BCUT2D eigenvalue weighted by atomic mass is 10.1. The summed E-state index contributed by atoms with van der Waals surface area (Å²) in [5.74, 6) is -1.12. The van der Waals surface area contributed by atoms with E-state index in [2.05, 4.69) is 0 Å². The smallest absolute Gasteiger partial charge is 0.313 e. The van der Waals surface area contributed by atoms with Crippen molar-refractivity contribution in [1.29, 1.82) is 5.26 Å². The Morgan fingerprint density at radius 1 is 1.41 bits per heavy atom. The normalized spacial score (nSPS) is 10.1. The SMILES string of the molecule is N#CCCCOC(=O)CC(=O)C=Cc1cccc([N+](=O)[O-])c1. The van der Waals surface area contributed by atoms with Gasteiger partial charge in [0.2, 0.25) is 0 Å². The molecular weight excluding hydrogens is 288 g/mol. The van der Waals surface area contributed by atoms with Gasteiger partial charge in [-0.15, -0.1) is 0 Å². The van der Waals surface area contributed by atoms with Gasteiger partial charge >= 0.3 is 5.97 Å². The molecule has 0 amide bonds. The van der Waals surface area contributed by atoms with E-state index in [0.29, 0.717) is 12.0 Å². The average Bonchev–Trinajstić information content (AvgIpc) is 2.50. The maximum absolute atomic E-state index is 11.6. The molecule has 0 aromatic heterocycles. The number of carbonyl (C=O) groups is 2. The van der Waals surface area contributed by atoms with Gasteiger partial charge in [-0.05, 0) is 18.1 Å². The molecular formula is C15H14N2O5. The van der Waals surface area contributed by atoms with Gasteiger partial charge in [0.25, 0.3) is 5.69 Å². The summed E-state index contributed by atoms with van der Waals surface area (Å²) in [5, 5.41) is 18.9. The first-order valence-electron chi connectivity index (χ1n) is 6.51. The van der Waals surface area contributed by atoms with Gasteiger partial charge < -0.3 is 4.74 Å². The van der Waals surface area contributed by atoms with E-state index < -0.39 is 23.1 Å². The number of hydrogen-bond donors (Lipinski definition) is 0. The van der Waals surface area contributed by atoms with Crippen LogP contribution < -0.4 is 0 Å². The molecule has 7 heteroatoms. The van der Waals surface area contributed by atoms with Crippen molar-refractivity contribution in [2.24, 2.45) is 0 Å². The molecule has 0 saturated carbocycles. The number of benzene rings is 1. The topological polar surface area (TPSA) is 110 Å². The highest BCUT2D eigenvalue weighted by Crippen LogP contribution is 2.14. The summed E-state index contributed by atoms with van der Waals surface area (Å²) < 4.78 is 4.78. The lowest BCUT2D eigenvalue weighted by Crippen LogP contribution is -2.10. The van der Waals surface area contributed by atoms with E-state index in [0.717, 1.165) is 0 Å². The van der Waals surface area contributed by atoms with E-state index >= 15 is 0 Å². The van der Waals surface area contributed by atoms with Crippen LogP contribution in [0.25, 0.3) is 6.08 Å². The highest BCUT2D eigenvalue weighted by molar-refractivity contribution is 6.03. The number of nitro benzene ring substituents is 1. The summed E-state index contributed by atoms with van der Waals surface area (Å²) in [6, 6.07) is 7.70. The molecule has 1 aromatic carbocycles. The third-order valence-electron chi connectivity index (χ3n) is 2.56. The van der Waals surface area contributed by atoms with Crippen LogP contribution in [0, 0.1) is 21.4 Å². The van der Waals surface area contributed by atoms with E-state index in [9.17, 15) is 19.7 Å². The fourth-order valence-corrected chi connectivity index (χ4v) is 1.52. The predicted molar refractivity (Wildman–Crippen MR) is 77.6 cm³/mol. The van der Waals surface area contributed by atoms with E-state index in [-0.39, 0.29) is 18.7 Å².